The van der Waals surface area contributed by atoms with E-state index in [1.807, 2.05) is 7.05 Å². The maximum Gasteiger partial charge on any atom is 0.159 e. The number of aryl methyl sites for hydroxylation is 1. The van der Waals surface area contributed by atoms with Crippen molar-refractivity contribution < 1.29 is 4.74 Å². The molecule has 4 heteroatoms. The Morgan fingerprint density at radius 2 is 2.00 bits per heavy atom. The van der Waals surface area contributed by atoms with Crippen molar-refractivity contribution in [1.29, 1.82) is 0 Å². The Labute approximate surface area is 109 Å². The smallest absolute Gasteiger partial charge is 0.159 e. The normalized spacial score (nSPS) is 16.8. The molecule has 1 heterocycles. The minimum absolute atomic E-state index is 0.00523. The summed E-state index contributed by atoms with van der Waals surface area (Å²) in [5.41, 5.74) is 2.53. The van der Waals surface area contributed by atoms with Crippen molar-refractivity contribution in [2.45, 2.75) is 51.6 Å². The van der Waals surface area contributed by atoms with Crippen LogP contribution in [0.2, 0.25) is 0 Å². The van der Waals surface area contributed by atoms with Crippen molar-refractivity contribution in [3.05, 3.63) is 17.1 Å². The molecule has 18 heavy (non-hydrogen) atoms. The van der Waals surface area contributed by atoms with E-state index in [-0.39, 0.29) is 6.10 Å². The van der Waals surface area contributed by atoms with Gasteiger partial charge in [0.2, 0.25) is 0 Å². The first kappa shape index (κ1) is 13.3. The molecule has 0 bridgehead atoms. The number of rotatable bonds is 4. The molecule has 0 aliphatic heterocycles. The second-order valence-corrected chi connectivity index (χ2v) is 4.80. The number of anilines is 1. The van der Waals surface area contributed by atoms with Crippen LogP contribution in [-0.2, 0) is 17.6 Å². The van der Waals surface area contributed by atoms with Crippen LogP contribution < -0.4 is 5.32 Å². The second kappa shape index (κ2) is 6.14. The van der Waals surface area contributed by atoms with E-state index in [1.54, 1.807) is 7.11 Å². The van der Waals surface area contributed by atoms with Gasteiger partial charge in [-0.05, 0) is 32.1 Å². The molecule has 0 saturated heterocycles. The maximum absolute atomic E-state index is 5.45. The summed E-state index contributed by atoms with van der Waals surface area (Å²) in [4.78, 5) is 9.39. The van der Waals surface area contributed by atoms with Crippen molar-refractivity contribution in [2.75, 3.05) is 19.5 Å². The van der Waals surface area contributed by atoms with E-state index < -0.39 is 0 Å². The number of hydrogen-bond donors (Lipinski definition) is 1. The van der Waals surface area contributed by atoms with Crippen molar-refractivity contribution in [3.8, 4) is 0 Å². The topological polar surface area (TPSA) is 47.0 Å². The summed E-state index contributed by atoms with van der Waals surface area (Å²) in [6.07, 6.45) is 6.83. The third kappa shape index (κ3) is 2.64. The maximum atomic E-state index is 5.45. The molecule has 1 aromatic heterocycles. The summed E-state index contributed by atoms with van der Waals surface area (Å²) in [5, 5.41) is 3.22. The first-order valence-corrected chi connectivity index (χ1v) is 6.90. The Kier molecular flexibility index (Phi) is 4.53. The highest BCUT2D eigenvalue weighted by atomic mass is 16.5. The van der Waals surface area contributed by atoms with E-state index in [9.17, 15) is 0 Å². The van der Waals surface area contributed by atoms with Crippen molar-refractivity contribution >= 4 is 5.82 Å². The van der Waals surface area contributed by atoms with Crippen LogP contribution in [0.15, 0.2) is 0 Å². The zero-order valence-corrected chi connectivity index (χ0v) is 11.6. The van der Waals surface area contributed by atoms with Gasteiger partial charge in [0.15, 0.2) is 5.82 Å². The number of ether oxygens (including phenoxy) is 1. The summed E-state index contributed by atoms with van der Waals surface area (Å²) in [7, 11) is 3.66. The summed E-state index contributed by atoms with van der Waals surface area (Å²) in [6, 6.07) is 0. The molecule has 0 fully saturated rings. The number of nitrogens with one attached hydrogen (secondary N) is 1. The Morgan fingerprint density at radius 3 is 2.67 bits per heavy atom. The van der Waals surface area contributed by atoms with Crippen LogP contribution in [0.4, 0.5) is 5.82 Å². The monoisotopic (exact) mass is 249 g/mol. The van der Waals surface area contributed by atoms with Gasteiger partial charge in [0.25, 0.3) is 0 Å². The lowest BCUT2D eigenvalue weighted by atomic mass is 10.1. The van der Waals surface area contributed by atoms with Crippen LogP contribution in [0.5, 0.6) is 0 Å². The van der Waals surface area contributed by atoms with E-state index in [0.717, 1.165) is 30.9 Å². The molecule has 1 N–H and O–H groups in total. The number of nitrogens with zero attached hydrogens (tertiary/aromatic N) is 2. The lowest BCUT2D eigenvalue weighted by Gasteiger charge is -2.17. The largest absolute Gasteiger partial charge is 0.373 e. The number of methoxy groups -OCH3 is 1. The van der Waals surface area contributed by atoms with Crippen molar-refractivity contribution in [3.63, 3.8) is 0 Å². The highest BCUT2D eigenvalue weighted by Crippen LogP contribution is 2.27. The molecular formula is C14H23N3O. The molecule has 1 aromatic rings. The molecule has 4 nitrogen and oxygen atoms in total. The van der Waals surface area contributed by atoms with Gasteiger partial charge in [-0.15, -0.1) is 0 Å². The number of aromatic nitrogens is 2. The van der Waals surface area contributed by atoms with E-state index in [2.05, 4.69) is 17.2 Å². The number of hydrogen-bond acceptors (Lipinski definition) is 4. The zero-order chi connectivity index (χ0) is 13.0. The van der Waals surface area contributed by atoms with Gasteiger partial charge >= 0.3 is 0 Å². The van der Waals surface area contributed by atoms with E-state index >= 15 is 0 Å². The minimum atomic E-state index is 0.00523. The van der Waals surface area contributed by atoms with Gasteiger partial charge in [0.05, 0.1) is 0 Å². The minimum Gasteiger partial charge on any atom is -0.373 e. The van der Waals surface area contributed by atoms with Gasteiger partial charge in [0.1, 0.15) is 11.9 Å². The van der Waals surface area contributed by atoms with Crippen molar-refractivity contribution in [1.82, 2.24) is 9.97 Å². The van der Waals surface area contributed by atoms with E-state index in [0.29, 0.717) is 0 Å². The SMILES string of the molecule is CCC(OC)c1nc2c(c(NC)n1)CCCCC2. The Balaban J connectivity index is 2.42. The fourth-order valence-corrected chi connectivity index (χ4v) is 2.60. The zero-order valence-electron chi connectivity index (χ0n) is 11.6. The average Bonchev–Trinajstić information content (AvgIpc) is 2.64. The van der Waals surface area contributed by atoms with E-state index in [4.69, 9.17) is 9.72 Å². The van der Waals surface area contributed by atoms with Crippen LogP contribution in [0.3, 0.4) is 0 Å². The molecule has 1 atom stereocenters. The molecule has 0 spiro atoms. The summed E-state index contributed by atoms with van der Waals surface area (Å²) < 4.78 is 5.45. The molecule has 0 amide bonds. The van der Waals surface area contributed by atoms with Crippen LogP contribution >= 0.6 is 0 Å². The van der Waals surface area contributed by atoms with Crippen molar-refractivity contribution in [2.24, 2.45) is 0 Å². The fraction of sp³-hybridized carbons (Fsp3) is 0.714. The highest BCUT2D eigenvalue weighted by molar-refractivity contribution is 5.47. The molecule has 0 aromatic carbocycles. The van der Waals surface area contributed by atoms with Gasteiger partial charge in [0, 0.05) is 25.4 Å². The molecular weight excluding hydrogens is 226 g/mol. The molecule has 1 aliphatic carbocycles. The molecule has 1 aliphatic rings. The molecule has 100 valence electrons. The second-order valence-electron chi connectivity index (χ2n) is 4.80. The van der Waals surface area contributed by atoms with Gasteiger partial charge in [-0.1, -0.05) is 13.3 Å². The third-order valence-corrected chi connectivity index (χ3v) is 3.63. The van der Waals surface area contributed by atoms with Gasteiger partial charge in [-0.3, -0.25) is 0 Å². The van der Waals surface area contributed by atoms with Gasteiger partial charge < -0.3 is 10.1 Å². The quantitative estimate of drug-likeness (QED) is 0.833. The molecule has 2 rings (SSSR count). The fourth-order valence-electron chi connectivity index (χ4n) is 2.60. The standard InChI is InChI=1S/C14H23N3O/c1-4-12(18-3)14-16-11-9-7-5-6-8-10(11)13(15-2)17-14/h12H,4-9H2,1-3H3,(H,15,16,17). The average molecular weight is 249 g/mol. The first-order valence-electron chi connectivity index (χ1n) is 6.90. The van der Waals surface area contributed by atoms with Gasteiger partial charge in [-0.2, -0.15) is 0 Å². The summed E-state index contributed by atoms with van der Waals surface area (Å²) in [6.45, 7) is 2.10. The van der Waals surface area contributed by atoms with Gasteiger partial charge in [-0.25, -0.2) is 9.97 Å². The lowest BCUT2D eigenvalue weighted by molar-refractivity contribution is 0.0924. The van der Waals surface area contributed by atoms with Crippen LogP contribution in [-0.4, -0.2) is 24.1 Å². The lowest BCUT2D eigenvalue weighted by Crippen LogP contribution is -2.12. The summed E-state index contributed by atoms with van der Waals surface area (Å²) >= 11 is 0. The Bertz CT molecular complexity index is 402. The third-order valence-electron chi connectivity index (χ3n) is 3.63. The number of fused-ring (bicyclic) bond motifs is 1. The van der Waals surface area contributed by atoms with E-state index in [1.165, 1.54) is 30.5 Å². The van der Waals surface area contributed by atoms with Crippen LogP contribution in [0.25, 0.3) is 0 Å². The molecule has 0 saturated carbocycles. The molecule has 0 radical (unpaired) electrons. The Morgan fingerprint density at radius 1 is 1.22 bits per heavy atom. The predicted molar refractivity (Wildman–Crippen MR) is 72.9 cm³/mol. The summed E-state index contributed by atoms with van der Waals surface area (Å²) in [5.74, 6) is 1.82. The first-order chi connectivity index (χ1) is 8.80. The predicted octanol–water partition coefficient (Wildman–Crippen LogP) is 2.88. The molecule has 1 unspecified atom stereocenters. The Hall–Kier alpha value is -1.16. The van der Waals surface area contributed by atoms with Crippen LogP contribution in [0, 0.1) is 0 Å². The van der Waals surface area contributed by atoms with Crippen LogP contribution in [0.1, 0.15) is 55.8 Å². The highest BCUT2D eigenvalue weighted by Gasteiger charge is 2.19.